The number of hydrogen-bond donors (Lipinski definition) is 2. The minimum atomic E-state index is -0.575. The van der Waals surface area contributed by atoms with Crippen molar-refractivity contribution >= 4 is 17.7 Å². The van der Waals surface area contributed by atoms with Crippen LogP contribution in [0.4, 0.5) is 0 Å². The van der Waals surface area contributed by atoms with Crippen LogP contribution in [0.1, 0.15) is 64.7 Å². The molecule has 4 atom stereocenters. The van der Waals surface area contributed by atoms with E-state index in [2.05, 4.69) is 23.4 Å². The van der Waals surface area contributed by atoms with Gasteiger partial charge in [-0.05, 0) is 69.0 Å². The molecule has 1 amide bonds. The summed E-state index contributed by atoms with van der Waals surface area (Å²) in [6.07, 6.45) is 11.2. The zero-order chi connectivity index (χ0) is 18.4. The average molecular weight is 381 g/mol. The van der Waals surface area contributed by atoms with Gasteiger partial charge in [0.05, 0.1) is 11.0 Å². The lowest BCUT2D eigenvalue weighted by Gasteiger charge is -2.64. The highest BCUT2D eigenvalue weighted by Gasteiger charge is 2.64. The van der Waals surface area contributed by atoms with Crippen molar-refractivity contribution in [1.82, 2.24) is 10.2 Å². The molecule has 2 N–H and O–H groups in total. The Bertz CT molecular complexity index is 550. The second-order valence-electron chi connectivity index (χ2n) is 9.95. The zero-order valence-corrected chi connectivity index (χ0v) is 17.4. The van der Waals surface area contributed by atoms with Gasteiger partial charge in [0, 0.05) is 31.4 Å². The third-order valence-corrected chi connectivity index (χ3v) is 8.51. The average Bonchev–Trinajstić information content (AvgIpc) is 2.59. The van der Waals surface area contributed by atoms with Gasteiger partial charge < -0.3 is 15.3 Å². The van der Waals surface area contributed by atoms with Crippen LogP contribution in [-0.4, -0.2) is 59.2 Å². The summed E-state index contributed by atoms with van der Waals surface area (Å²) in [7, 11) is 0. The molecular weight excluding hydrogens is 344 g/mol. The van der Waals surface area contributed by atoms with E-state index in [-0.39, 0.29) is 16.7 Å². The van der Waals surface area contributed by atoms with E-state index in [1.54, 1.807) is 0 Å². The first-order valence-corrected chi connectivity index (χ1v) is 12.0. The van der Waals surface area contributed by atoms with Crippen LogP contribution >= 0.6 is 11.8 Å². The van der Waals surface area contributed by atoms with Gasteiger partial charge in [0.25, 0.3) is 0 Å². The summed E-state index contributed by atoms with van der Waals surface area (Å²) in [6.45, 7) is 5.62. The lowest BCUT2D eigenvalue weighted by Crippen LogP contribution is -2.64. The van der Waals surface area contributed by atoms with E-state index in [0.29, 0.717) is 18.4 Å². The van der Waals surface area contributed by atoms with E-state index >= 15 is 0 Å². The Morgan fingerprint density at radius 1 is 1.19 bits per heavy atom. The van der Waals surface area contributed by atoms with Gasteiger partial charge in [0.15, 0.2) is 0 Å². The maximum absolute atomic E-state index is 13.4. The van der Waals surface area contributed by atoms with E-state index in [1.165, 1.54) is 18.7 Å². The number of hydrogen-bond acceptors (Lipinski definition) is 4. The van der Waals surface area contributed by atoms with E-state index in [0.717, 1.165) is 58.0 Å². The SMILES string of the molecule is CCC12CC3CC(O)(C1)CC(C(=O)NC1CCN(CCSC)CC1)(C3)C2. The van der Waals surface area contributed by atoms with Crippen molar-refractivity contribution in [1.29, 1.82) is 0 Å². The summed E-state index contributed by atoms with van der Waals surface area (Å²) in [5.41, 5.74) is -0.652. The van der Waals surface area contributed by atoms with Crippen LogP contribution in [0.15, 0.2) is 0 Å². The first-order valence-electron chi connectivity index (χ1n) is 10.6. The number of nitrogens with zero attached hydrogens (tertiary/aromatic N) is 1. The standard InChI is InChI=1S/C21H36N2O2S/c1-3-19-10-16-11-20(13-19,15-21(25,12-16)14-19)18(24)22-17-4-6-23(7-5-17)8-9-26-2/h16-17,25H,3-15H2,1-2H3,(H,22,24). The number of aliphatic hydroxyl groups is 1. The van der Waals surface area contributed by atoms with Crippen molar-refractivity contribution in [3.63, 3.8) is 0 Å². The molecule has 5 aliphatic rings. The molecule has 1 saturated heterocycles. The second-order valence-corrected chi connectivity index (χ2v) is 10.9. The van der Waals surface area contributed by atoms with Gasteiger partial charge in [-0.2, -0.15) is 11.8 Å². The van der Waals surface area contributed by atoms with Crippen molar-refractivity contribution in [3.8, 4) is 0 Å². The predicted molar refractivity (Wildman–Crippen MR) is 107 cm³/mol. The summed E-state index contributed by atoms with van der Waals surface area (Å²) in [4.78, 5) is 15.9. The van der Waals surface area contributed by atoms with Gasteiger partial charge in [0.1, 0.15) is 0 Å². The predicted octanol–water partition coefficient (Wildman–Crippen LogP) is 3.04. The highest BCUT2D eigenvalue weighted by atomic mass is 32.2. The molecule has 148 valence electrons. The van der Waals surface area contributed by atoms with Crippen molar-refractivity contribution in [2.45, 2.75) is 76.4 Å². The van der Waals surface area contributed by atoms with Crippen LogP contribution in [0.3, 0.4) is 0 Å². The second kappa shape index (κ2) is 6.97. The molecule has 1 heterocycles. The molecule has 0 aromatic carbocycles. The summed E-state index contributed by atoms with van der Waals surface area (Å²) in [6, 6.07) is 0.327. The highest BCUT2D eigenvalue weighted by Crippen LogP contribution is 2.67. The summed E-state index contributed by atoms with van der Waals surface area (Å²) >= 11 is 1.91. The van der Waals surface area contributed by atoms with Gasteiger partial charge in [-0.3, -0.25) is 4.79 Å². The van der Waals surface area contributed by atoms with Crippen molar-refractivity contribution in [3.05, 3.63) is 0 Å². The van der Waals surface area contributed by atoms with E-state index in [4.69, 9.17) is 0 Å². The molecule has 5 heteroatoms. The maximum Gasteiger partial charge on any atom is 0.226 e. The Balaban J connectivity index is 1.39. The first kappa shape index (κ1) is 19.1. The topological polar surface area (TPSA) is 52.6 Å². The molecular formula is C21H36N2O2S. The number of rotatable bonds is 6. The molecule has 4 aliphatic carbocycles. The summed E-state index contributed by atoms with van der Waals surface area (Å²) < 4.78 is 0. The van der Waals surface area contributed by atoms with Gasteiger partial charge in [-0.1, -0.05) is 13.3 Å². The lowest BCUT2D eigenvalue weighted by atomic mass is 9.42. The molecule has 0 aromatic rings. The Morgan fingerprint density at radius 3 is 2.62 bits per heavy atom. The molecule has 5 rings (SSSR count). The number of amides is 1. The Kier molecular flexibility index (Phi) is 5.11. The van der Waals surface area contributed by atoms with E-state index in [9.17, 15) is 9.90 Å². The number of piperidine rings is 1. The molecule has 4 saturated carbocycles. The highest BCUT2D eigenvalue weighted by molar-refractivity contribution is 7.98. The monoisotopic (exact) mass is 380 g/mol. The van der Waals surface area contributed by atoms with E-state index in [1.807, 2.05) is 11.8 Å². The molecule has 0 aromatic heterocycles. The van der Waals surface area contributed by atoms with Crippen LogP contribution in [0.5, 0.6) is 0 Å². The van der Waals surface area contributed by atoms with Crippen LogP contribution in [0.2, 0.25) is 0 Å². The van der Waals surface area contributed by atoms with Crippen LogP contribution < -0.4 is 5.32 Å². The number of carbonyl (C=O) groups is 1. The first-order chi connectivity index (χ1) is 12.4. The van der Waals surface area contributed by atoms with Gasteiger partial charge in [0.2, 0.25) is 5.91 Å². The fourth-order valence-corrected chi connectivity index (χ4v) is 7.53. The quantitative estimate of drug-likeness (QED) is 0.744. The number of nitrogens with one attached hydrogen (secondary N) is 1. The number of carbonyl (C=O) groups excluding carboxylic acids is 1. The molecule has 1 aliphatic heterocycles. The molecule has 0 spiro atoms. The summed E-state index contributed by atoms with van der Waals surface area (Å²) in [5.74, 6) is 2.01. The Hall–Kier alpha value is -0.260. The zero-order valence-electron chi connectivity index (χ0n) is 16.6. The summed E-state index contributed by atoms with van der Waals surface area (Å²) in [5, 5.41) is 14.6. The van der Waals surface area contributed by atoms with Gasteiger partial charge in [-0.25, -0.2) is 0 Å². The Labute approximate surface area is 162 Å². The normalized spacial score (nSPS) is 43.0. The Morgan fingerprint density at radius 2 is 1.96 bits per heavy atom. The molecule has 4 unspecified atom stereocenters. The van der Waals surface area contributed by atoms with Gasteiger partial charge in [-0.15, -0.1) is 0 Å². The van der Waals surface area contributed by atoms with E-state index < -0.39 is 5.60 Å². The minimum absolute atomic E-state index is 0.215. The number of likely N-dealkylation sites (tertiary alicyclic amines) is 1. The molecule has 26 heavy (non-hydrogen) atoms. The molecule has 5 fully saturated rings. The number of thioether (sulfide) groups is 1. The smallest absolute Gasteiger partial charge is 0.226 e. The van der Waals surface area contributed by atoms with Crippen molar-refractivity contribution < 1.29 is 9.90 Å². The van der Waals surface area contributed by atoms with Crippen molar-refractivity contribution in [2.75, 3.05) is 31.6 Å². The maximum atomic E-state index is 13.4. The fourth-order valence-electron chi connectivity index (χ4n) is 7.09. The molecule has 0 radical (unpaired) electrons. The molecule has 4 bridgehead atoms. The van der Waals surface area contributed by atoms with Gasteiger partial charge >= 0.3 is 0 Å². The van der Waals surface area contributed by atoms with Crippen LogP contribution in [0.25, 0.3) is 0 Å². The van der Waals surface area contributed by atoms with Crippen LogP contribution in [-0.2, 0) is 4.79 Å². The largest absolute Gasteiger partial charge is 0.390 e. The minimum Gasteiger partial charge on any atom is -0.390 e. The fraction of sp³-hybridized carbons (Fsp3) is 0.952. The third kappa shape index (κ3) is 3.44. The third-order valence-electron chi connectivity index (χ3n) is 7.92. The van der Waals surface area contributed by atoms with Crippen LogP contribution in [0, 0.1) is 16.7 Å². The lowest BCUT2D eigenvalue weighted by molar-refractivity contribution is -0.204. The van der Waals surface area contributed by atoms with Crippen molar-refractivity contribution in [2.24, 2.45) is 16.7 Å². The molecule has 4 nitrogen and oxygen atoms in total.